The number of nitrogens with zero attached hydrogens (tertiary/aromatic N) is 2. The summed E-state index contributed by atoms with van der Waals surface area (Å²) < 4.78 is 8.80. The number of fused-ring (bicyclic) bond motifs is 1. The van der Waals surface area contributed by atoms with Crippen molar-refractivity contribution in [3.63, 3.8) is 0 Å². The summed E-state index contributed by atoms with van der Waals surface area (Å²) in [5.41, 5.74) is 4.13. The third-order valence-electron chi connectivity index (χ3n) is 4.31. The number of imidazole rings is 1. The Kier molecular flexibility index (Phi) is 5.12. The maximum Gasteiger partial charge on any atom is 0.255 e. The van der Waals surface area contributed by atoms with Crippen molar-refractivity contribution in [2.24, 2.45) is 0 Å². The van der Waals surface area contributed by atoms with E-state index < -0.39 is 0 Å². The second-order valence-corrected chi connectivity index (χ2v) is 7.35. The molecule has 0 aliphatic heterocycles. The molecule has 5 nitrogen and oxygen atoms in total. The Morgan fingerprint density at radius 1 is 1.14 bits per heavy atom. The summed E-state index contributed by atoms with van der Waals surface area (Å²) in [6.07, 6.45) is 3.92. The fraction of sp³-hybridized carbons (Fsp3) is 0.0909. The van der Waals surface area contributed by atoms with Crippen LogP contribution in [0.3, 0.4) is 0 Å². The quantitative estimate of drug-likeness (QED) is 0.466. The highest BCUT2D eigenvalue weighted by Gasteiger charge is 2.09. The van der Waals surface area contributed by atoms with Crippen molar-refractivity contribution in [1.29, 1.82) is 0 Å². The molecule has 1 N–H and O–H groups in total. The van der Waals surface area contributed by atoms with Crippen LogP contribution in [-0.2, 0) is 6.61 Å². The van der Waals surface area contributed by atoms with Gasteiger partial charge in [0.2, 0.25) is 0 Å². The Morgan fingerprint density at radius 2 is 1.96 bits per heavy atom. The summed E-state index contributed by atoms with van der Waals surface area (Å²) in [6.45, 7) is 2.36. The average molecular weight is 436 g/mol. The van der Waals surface area contributed by atoms with Crippen LogP contribution in [0.1, 0.15) is 21.6 Å². The molecule has 4 aromatic rings. The lowest BCUT2D eigenvalue weighted by molar-refractivity contribution is 0.102. The molecule has 0 aliphatic rings. The predicted molar refractivity (Wildman–Crippen MR) is 113 cm³/mol. The van der Waals surface area contributed by atoms with Crippen molar-refractivity contribution in [3.05, 3.63) is 94.4 Å². The van der Waals surface area contributed by atoms with Crippen LogP contribution in [0.4, 0.5) is 5.69 Å². The van der Waals surface area contributed by atoms with E-state index in [2.05, 4.69) is 26.2 Å². The number of pyridine rings is 1. The fourth-order valence-corrected chi connectivity index (χ4v) is 3.16. The van der Waals surface area contributed by atoms with Gasteiger partial charge in [-0.2, -0.15) is 0 Å². The largest absolute Gasteiger partial charge is 0.487 e. The van der Waals surface area contributed by atoms with Crippen LogP contribution in [0.5, 0.6) is 5.75 Å². The summed E-state index contributed by atoms with van der Waals surface area (Å²) in [5, 5.41) is 2.88. The SMILES string of the molecule is Cc1cccn2cc(COc3cccc(C(=O)Nc4ccc(Br)cc4)c3)nc12. The average Bonchev–Trinajstić information content (AvgIpc) is 3.13. The van der Waals surface area contributed by atoms with Gasteiger partial charge in [-0.05, 0) is 61.0 Å². The monoisotopic (exact) mass is 435 g/mol. The molecule has 0 radical (unpaired) electrons. The summed E-state index contributed by atoms with van der Waals surface area (Å²) in [4.78, 5) is 17.1. The van der Waals surface area contributed by atoms with Gasteiger partial charge in [0.05, 0.1) is 5.69 Å². The minimum atomic E-state index is -0.184. The van der Waals surface area contributed by atoms with Gasteiger partial charge in [0.15, 0.2) is 0 Å². The molecule has 0 fully saturated rings. The highest BCUT2D eigenvalue weighted by molar-refractivity contribution is 9.10. The number of carbonyl (C=O) groups excluding carboxylic acids is 1. The van der Waals surface area contributed by atoms with Crippen LogP contribution in [0.25, 0.3) is 5.65 Å². The van der Waals surface area contributed by atoms with Gasteiger partial charge in [-0.15, -0.1) is 0 Å². The minimum absolute atomic E-state index is 0.184. The molecule has 1 amide bonds. The van der Waals surface area contributed by atoms with Crippen molar-refractivity contribution < 1.29 is 9.53 Å². The molecule has 2 heterocycles. The van der Waals surface area contributed by atoms with E-state index in [0.717, 1.165) is 27.1 Å². The van der Waals surface area contributed by atoms with E-state index in [-0.39, 0.29) is 5.91 Å². The molecule has 0 unspecified atom stereocenters. The molecule has 0 saturated carbocycles. The molecule has 4 rings (SSSR count). The first kappa shape index (κ1) is 18.3. The van der Waals surface area contributed by atoms with E-state index >= 15 is 0 Å². The number of anilines is 1. The van der Waals surface area contributed by atoms with Crippen LogP contribution in [0.2, 0.25) is 0 Å². The molecule has 0 atom stereocenters. The standard InChI is InChI=1S/C22H18BrN3O2/c1-15-4-3-11-26-13-19(24-21(15)26)14-28-20-6-2-5-16(12-20)22(27)25-18-9-7-17(23)8-10-18/h2-13H,14H2,1H3,(H,25,27). The van der Waals surface area contributed by atoms with Crippen molar-refractivity contribution in [3.8, 4) is 5.75 Å². The molecule has 0 saturated heterocycles. The van der Waals surface area contributed by atoms with Crippen molar-refractivity contribution >= 4 is 33.2 Å². The number of benzene rings is 2. The second kappa shape index (κ2) is 7.86. The number of ether oxygens (including phenoxy) is 1. The Balaban J connectivity index is 1.44. The predicted octanol–water partition coefficient (Wildman–Crippen LogP) is 5.24. The zero-order valence-electron chi connectivity index (χ0n) is 15.2. The lowest BCUT2D eigenvalue weighted by atomic mass is 10.2. The van der Waals surface area contributed by atoms with Crippen molar-refractivity contribution in [2.45, 2.75) is 13.5 Å². The summed E-state index contributed by atoms with van der Waals surface area (Å²) in [6, 6.07) is 18.6. The van der Waals surface area contributed by atoms with E-state index in [9.17, 15) is 4.79 Å². The minimum Gasteiger partial charge on any atom is -0.487 e. The molecule has 2 aromatic carbocycles. The second-order valence-electron chi connectivity index (χ2n) is 6.43. The van der Waals surface area contributed by atoms with Crippen LogP contribution in [0, 0.1) is 6.92 Å². The van der Waals surface area contributed by atoms with Gasteiger partial charge in [-0.3, -0.25) is 4.79 Å². The van der Waals surface area contributed by atoms with Gasteiger partial charge in [0, 0.05) is 28.1 Å². The summed E-state index contributed by atoms with van der Waals surface area (Å²) in [7, 11) is 0. The number of aryl methyl sites for hydroxylation is 1. The topological polar surface area (TPSA) is 55.6 Å². The van der Waals surface area contributed by atoms with Gasteiger partial charge in [0.25, 0.3) is 5.91 Å². The summed E-state index contributed by atoms with van der Waals surface area (Å²) in [5.74, 6) is 0.438. The maximum atomic E-state index is 12.5. The van der Waals surface area contributed by atoms with E-state index in [1.54, 1.807) is 18.2 Å². The first-order valence-corrected chi connectivity index (χ1v) is 9.61. The molecule has 0 spiro atoms. The first-order chi connectivity index (χ1) is 13.6. The summed E-state index contributed by atoms with van der Waals surface area (Å²) >= 11 is 3.38. The first-order valence-electron chi connectivity index (χ1n) is 8.81. The lowest BCUT2D eigenvalue weighted by Crippen LogP contribution is -2.11. The molecule has 0 bridgehead atoms. The molecule has 140 valence electrons. The van der Waals surface area contributed by atoms with Gasteiger partial charge in [-0.25, -0.2) is 4.98 Å². The van der Waals surface area contributed by atoms with Gasteiger partial charge in [0.1, 0.15) is 18.0 Å². The maximum absolute atomic E-state index is 12.5. The Morgan fingerprint density at radius 3 is 2.75 bits per heavy atom. The molecule has 2 aromatic heterocycles. The van der Waals surface area contributed by atoms with E-state index in [4.69, 9.17) is 4.74 Å². The molecule has 0 aliphatic carbocycles. The Bertz CT molecular complexity index is 1140. The molecule has 28 heavy (non-hydrogen) atoms. The smallest absolute Gasteiger partial charge is 0.255 e. The van der Waals surface area contributed by atoms with Gasteiger partial charge in [-0.1, -0.05) is 28.1 Å². The van der Waals surface area contributed by atoms with Crippen molar-refractivity contribution in [1.82, 2.24) is 9.38 Å². The molecule has 6 heteroatoms. The number of nitrogens with one attached hydrogen (secondary N) is 1. The highest BCUT2D eigenvalue weighted by atomic mass is 79.9. The number of carbonyl (C=O) groups is 1. The third-order valence-corrected chi connectivity index (χ3v) is 4.84. The van der Waals surface area contributed by atoms with Crippen molar-refractivity contribution in [2.75, 3.05) is 5.32 Å². The van der Waals surface area contributed by atoms with Crippen LogP contribution < -0.4 is 10.1 Å². The highest BCUT2D eigenvalue weighted by Crippen LogP contribution is 2.19. The fourth-order valence-electron chi connectivity index (χ4n) is 2.89. The van der Waals surface area contributed by atoms with E-state index in [1.165, 1.54) is 0 Å². The molecular formula is C22H18BrN3O2. The van der Waals surface area contributed by atoms with E-state index in [1.807, 2.05) is 66.2 Å². The normalized spacial score (nSPS) is 10.8. The van der Waals surface area contributed by atoms with Gasteiger partial charge < -0.3 is 14.5 Å². The number of amides is 1. The van der Waals surface area contributed by atoms with Crippen LogP contribution >= 0.6 is 15.9 Å². The lowest BCUT2D eigenvalue weighted by Gasteiger charge is -2.08. The number of aromatic nitrogens is 2. The number of hydrogen-bond acceptors (Lipinski definition) is 3. The zero-order valence-corrected chi connectivity index (χ0v) is 16.8. The number of rotatable bonds is 5. The van der Waals surface area contributed by atoms with Gasteiger partial charge >= 0.3 is 0 Å². The van der Waals surface area contributed by atoms with Crippen LogP contribution in [0.15, 0.2) is 77.5 Å². The Hall–Kier alpha value is -3.12. The number of halogens is 1. The van der Waals surface area contributed by atoms with Crippen LogP contribution in [-0.4, -0.2) is 15.3 Å². The molecular weight excluding hydrogens is 418 g/mol. The Labute approximate surface area is 171 Å². The van der Waals surface area contributed by atoms with E-state index in [0.29, 0.717) is 17.9 Å². The zero-order chi connectivity index (χ0) is 19.5. The third kappa shape index (κ3) is 4.07. The number of hydrogen-bond donors (Lipinski definition) is 1.